The lowest BCUT2D eigenvalue weighted by Gasteiger charge is -2.21. The fourth-order valence-electron chi connectivity index (χ4n) is 2.33. The number of aromatic nitrogens is 1. The molecule has 0 aliphatic rings. The van der Waals surface area contributed by atoms with Gasteiger partial charge in [0.1, 0.15) is 0 Å². The number of amides is 3. The molecule has 0 aliphatic carbocycles. The molecular formula is C21H28N4O3S. The van der Waals surface area contributed by atoms with Gasteiger partial charge in [-0.3, -0.25) is 14.4 Å². The number of rotatable bonds is 8. The summed E-state index contributed by atoms with van der Waals surface area (Å²) in [5.74, 6) is -0.411. The van der Waals surface area contributed by atoms with Gasteiger partial charge in [-0.2, -0.15) is 0 Å². The highest BCUT2D eigenvalue weighted by atomic mass is 32.1. The summed E-state index contributed by atoms with van der Waals surface area (Å²) in [4.78, 5) is 42.1. The van der Waals surface area contributed by atoms with Crippen molar-refractivity contribution in [1.29, 1.82) is 0 Å². The quantitative estimate of drug-likeness (QED) is 0.692. The van der Waals surface area contributed by atoms with E-state index in [-0.39, 0.29) is 36.1 Å². The minimum atomic E-state index is -0.156. The molecule has 156 valence electrons. The smallest absolute Gasteiger partial charge is 0.253 e. The summed E-state index contributed by atoms with van der Waals surface area (Å²) >= 11 is 1.30. The predicted octanol–water partition coefficient (Wildman–Crippen LogP) is 3.08. The molecule has 1 heterocycles. The van der Waals surface area contributed by atoms with Crippen LogP contribution in [0.3, 0.4) is 0 Å². The largest absolute Gasteiger partial charge is 0.352 e. The molecule has 0 unspecified atom stereocenters. The Hall–Kier alpha value is -2.74. The van der Waals surface area contributed by atoms with Crippen LogP contribution in [-0.4, -0.2) is 40.7 Å². The molecule has 0 aliphatic heterocycles. The molecule has 0 radical (unpaired) electrons. The summed E-state index contributed by atoms with van der Waals surface area (Å²) < 4.78 is 0. The highest BCUT2D eigenvalue weighted by molar-refractivity contribution is 7.13. The first-order chi connectivity index (χ1) is 13.7. The zero-order valence-electron chi connectivity index (χ0n) is 17.5. The Bertz CT molecular complexity index is 859. The van der Waals surface area contributed by atoms with Crippen LogP contribution in [0.1, 0.15) is 49.3 Å². The molecule has 1 aromatic carbocycles. The second-order valence-electron chi connectivity index (χ2n) is 7.45. The van der Waals surface area contributed by atoms with E-state index in [4.69, 9.17) is 0 Å². The van der Waals surface area contributed by atoms with E-state index in [2.05, 4.69) is 15.6 Å². The van der Waals surface area contributed by atoms with E-state index in [1.54, 1.807) is 29.5 Å². The number of benzene rings is 1. The Morgan fingerprint density at radius 2 is 1.76 bits per heavy atom. The molecule has 0 atom stereocenters. The Balaban J connectivity index is 1.84. The Kier molecular flexibility index (Phi) is 7.90. The molecule has 0 bridgehead atoms. The van der Waals surface area contributed by atoms with Gasteiger partial charge in [-0.05, 0) is 31.5 Å². The number of nitrogens with zero attached hydrogens (tertiary/aromatic N) is 2. The van der Waals surface area contributed by atoms with Crippen molar-refractivity contribution in [3.63, 3.8) is 0 Å². The van der Waals surface area contributed by atoms with Crippen molar-refractivity contribution in [2.45, 2.75) is 46.7 Å². The molecule has 8 heteroatoms. The lowest BCUT2D eigenvalue weighted by molar-refractivity contribution is -0.120. The van der Waals surface area contributed by atoms with E-state index < -0.39 is 0 Å². The van der Waals surface area contributed by atoms with E-state index in [0.29, 0.717) is 22.9 Å². The van der Waals surface area contributed by atoms with E-state index in [1.807, 2.05) is 39.8 Å². The van der Waals surface area contributed by atoms with Crippen molar-refractivity contribution < 1.29 is 14.4 Å². The summed E-state index contributed by atoms with van der Waals surface area (Å²) in [6.07, 6.45) is 0.143. The number of nitrogens with one attached hydrogen (secondary N) is 2. The molecule has 2 N–H and O–H groups in total. The zero-order chi connectivity index (χ0) is 21.6. The van der Waals surface area contributed by atoms with Crippen molar-refractivity contribution in [2.75, 3.05) is 12.4 Å². The number of thiazole rings is 1. The second kappa shape index (κ2) is 10.2. The highest BCUT2D eigenvalue weighted by Crippen LogP contribution is 2.17. The summed E-state index contributed by atoms with van der Waals surface area (Å²) in [5, 5.41) is 7.84. The minimum absolute atomic E-state index is 0.0283. The van der Waals surface area contributed by atoms with Gasteiger partial charge >= 0.3 is 0 Å². The minimum Gasteiger partial charge on any atom is -0.352 e. The molecule has 29 heavy (non-hydrogen) atoms. The maximum absolute atomic E-state index is 12.3. The summed E-state index contributed by atoms with van der Waals surface area (Å²) in [6.45, 7) is 7.91. The van der Waals surface area contributed by atoms with Gasteiger partial charge in [0.25, 0.3) is 5.91 Å². The summed E-state index contributed by atoms with van der Waals surface area (Å²) in [7, 11) is 1.78. The number of carbonyl (C=O) groups excluding carboxylic acids is 3. The summed E-state index contributed by atoms with van der Waals surface area (Å²) in [5.41, 5.74) is 2.14. The third-order valence-corrected chi connectivity index (χ3v) is 5.24. The zero-order valence-corrected chi connectivity index (χ0v) is 18.3. The van der Waals surface area contributed by atoms with Crippen molar-refractivity contribution in [2.24, 2.45) is 5.92 Å². The first-order valence-corrected chi connectivity index (χ1v) is 10.4. The van der Waals surface area contributed by atoms with Gasteiger partial charge in [-0.25, -0.2) is 4.98 Å². The van der Waals surface area contributed by atoms with Crippen molar-refractivity contribution in [3.05, 3.63) is 46.5 Å². The first-order valence-electron chi connectivity index (χ1n) is 9.55. The predicted molar refractivity (Wildman–Crippen MR) is 115 cm³/mol. The SMILES string of the molecule is CC(C)C(=O)Nc1nc(CC(=O)NCc2ccc(C(=O)N(C)C(C)C)cc2)cs1. The van der Waals surface area contributed by atoms with E-state index >= 15 is 0 Å². The molecule has 1 aromatic heterocycles. The van der Waals surface area contributed by atoms with Gasteiger partial charge in [0.15, 0.2) is 5.13 Å². The molecule has 0 saturated carbocycles. The van der Waals surface area contributed by atoms with Crippen molar-refractivity contribution >= 4 is 34.2 Å². The van der Waals surface area contributed by atoms with Crippen LogP contribution in [0.2, 0.25) is 0 Å². The van der Waals surface area contributed by atoms with Gasteiger partial charge in [-0.15, -0.1) is 11.3 Å². The fraction of sp³-hybridized carbons (Fsp3) is 0.429. The van der Waals surface area contributed by atoms with E-state index in [0.717, 1.165) is 5.56 Å². The lowest BCUT2D eigenvalue weighted by Crippen LogP contribution is -2.32. The van der Waals surface area contributed by atoms with Gasteiger partial charge < -0.3 is 15.5 Å². The third kappa shape index (κ3) is 6.67. The standard InChI is InChI=1S/C21H28N4O3S/c1-13(2)19(27)24-21-23-17(12-29-21)10-18(26)22-11-15-6-8-16(9-7-15)20(28)25(5)14(3)4/h6-9,12-14H,10-11H2,1-5H3,(H,22,26)(H,23,24,27). The second-order valence-corrected chi connectivity index (χ2v) is 8.31. The average Bonchev–Trinajstić information content (AvgIpc) is 3.12. The molecule has 2 aromatic rings. The molecule has 0 spiro atoms. The Morgan fingerprint density at radius 1 is 1.10 bits per heavy atom. The number of hydrogen-bond donors (Lipinski definition) is 2. The van der Waals surface area contributed by atoms with Crippen LogP contribution >= 0.6 is 11.3 Å². The van der Waals surface area contributed by atoms with Crippen LogP contribution in [0, 0.1) is 5.92 Å². The third-order valence-electron chi connectivity index (χ3n) is 4.43. The van der Waals surface area contributed by atoms with Crippen LogP contribution in [0.5, 0.6) is 0 Å². The number of hydrogen-bond acceptors (Lipinski definition) is 5. The molecule has 2 rings (SSSR count). The van der Waals surface area contributed by atoms with Crippen molar-refractivity contribution in [1.82, 2.24) is 15.2 Å². The van der Waals surface area contributed by atoms with Crippen LogP contribution in [0.15, 0.2) is 29.6 Å². The molecular weight excluding hydrogens is 388 g/mol. The maximum atomic E-state index is 12.3. The molecule has 3 amide bonds. The van der Waals surface area contributed by atoms with Crippen LogP contribution in [-0.2, 0) is 22.6 Å². The first kappa shape index (κ1) is 22.5. The molecule has 7 nitrogen and oxygen atoms in total. The fourth-order valence-corrected chi connectivity index (χ4v) is 3.04. The van der Waals surface area contributed by atoms with Crippen molar-refractivity contribution in [3.8, 4) is 0 Å². The summed E-state index contributed by atoms with van der Waals surface area (Å²) in [6, 6.07) is 7.35. The number of anilines is 1. The molecule has 0 saturated heterocycles. The van der Waals surface area contributed by atoms with E-state index in [1.165, 1.54) is 11.3 Å². The lowest BCUT2D eigenvalue weighted by atomic mass is 10.1. The van der Waals surface area contributed by atoms with Gasteiger partial charge in [0.05, 0.1) is 12.1 Å². The van der Waals surface area contributed by atoms with Gasteiger partial charge in [0, 0.05) is 36.5 Å². The highest BCUT2D eigenvalue weighted by Gasteiger charge is 2.14. The monoisotopic (exact) mass is 416 g/mol. The number of carbonyl (C=O) groups is 3. The van der Waals surface area contributed by atoms with Crippen LogP contribution in [0.25, 0.3) is 0 Å². The van der Waals surface area contributed by atoms with E-state index in [9.17, 15) is 14.4 Å². The Labute approximate surface area is 175 Å². The Morgan fingerprint density at radius 3 is 2.34 bits per heavy atom. The van der Waals surface area contributed by atoms with Gasteiger partial charge in [-0.1, -0.05) is 26.0 Å². The molecule has 0 fully saturated rings. The normalized spacial score (nSPS) is 10.9. The van der Waals surface area contributed by atoms with Gasteiger partial charge in [0.2, 0.25) is 11.8 Å². The van der Waals surface area contributed by atoms with Crippen LogP contribution < -0.4 is 10.6 Å². The maximum Gasteiger partial charge on any atom is 0.253 e. The van der Waals surface area contributed by atoms with Crippen LogP contribution in [0.4, 0.5) is 5.13 Å². The topological polar surface area (TPSA) is 91.4 Å². The average molecular weight is 417 g/mol.